The summed E-state index contributed by atoms with van der Waals surface area (Å²) in [6.45, 7) is 0. The number of nitrogens with two attached hydrogens (primary N) is 1. The molecular formula is C8H8N3O2+. The molecule has 0 unspecified atom stereocenters. The summed E-state index contributed by atoms with van der Waals surface area (Å²) in [6.07, 6.45) is 0. The van der Waals surface area contributed by atoms with Crippen molar-refractivity contribution in [3.8, 4) is 5.75 Å². The first-order valence-electron chi connectivity index (χ1n) is 3.52. The molecule has 2 N–H and O–H groups in total. The van der Waals surface area contributed by atoms with Crippen LogP contribution in [0.3, 0.4) is 0 Å². The molecule has 1 aromatic rings. The maximum absolute atomic E-state index is 10.8. The summed E-state index contributed by atoms with van der Waals surface area (Å²) < 4.78 is 4.87. The Morgan fingerprint density at radius 2 is 2.31 bits per heavy atom. The van der Waals surface area contributed by atoms with Crippen molar-refractivity contribution in [1.82, 2.24) is 0 Å². The second-order valence-corrected chi connectivity index (χ2v) is 2.35. The molecule has 0 saturated heterocycles. The zero-order valence-corrected chi connectivity index (χ0v) is 7.02. The van der Waals surface area contributed by atoms with E-state index in [1.54, 1.807) is 6.07 Å². The minimum Gasteiger partial charge on any atom is -0.496 e. The van der Waals surface area contributed by atoms with Gasteiger partial charge in [-0.3, -0.25) is 4.79 Å². The summed E-state index contributed by atoms with van der Waals surface area (Å²) in [4.78, 5) is 13.7. The lowest BCUT2D eigenvalue weighted by Crippen LogP contribution is -2.10. The highest BCUT2D eigenvalue weighted by Gasteiger charge is 2.18. The molecule has 5 heteroatoms. The zero-order chi connectivity index (χ0) is 9.84. The van der Waals surface area contributed by atoms with Gasteiger partial charge in [0.1, 0.15) is 11.3 Å². The molecule has 66 valence electrons. The second-order valence-electron chi connectivity index (χ2n) is 2.35. The number of carbonyl (C=O) groups is 1. The average molecular weight is 178 g/mol. The quantitative estimate of drug-likeness (QED) is 0.692. The predicted octanol–water partition coefficient (Wildman–Crippen LogP) is 1.28. The molecule has 0 radical (unpaired) electrons. The van der Waals surface area contributed by atoms with Crippen molar-refractivity contribution in [2.24, 2.45) is 5.73 Å². The van der Waals surface area contributed by atoms with Gasteiger partial charge in [-0.05, 0) is 12.1 Å². The minimum absolute atomic E-state index is 0.104. The Balaban J connectivity index is 3.26. The Labute approximate surface area is 74.7 Å². The molecule has 1 amide bonds. The summed E-state index contributed by atoms with van der Waals surface area (Å²) in [5.41, 5.74) is 5.29. The van der Waals surface area contributed by atoms with E-state index >= 15 is 0 Å². The van der Waals surface area contributed by atoms with Crippen LogP contribution in [-0.2, 0) is 0 Å². The van der Waals surface area contributed by atoms with E-state index in [-0.39, 0.29) is 11.3 Å². The molecule has 13 heavy (non-hydrogen) atoms. The standard InChI is InChI=1S/C8H7N3O2/c1-13-5-2-3-6(8(9)12)7(4-5)11-10/h2-4H,1H3,(H-,9,12)/p+1. The van der Waals surface area contributed by atoms with Crippen LogP contribution < -0.4 is 10.5 Å². The number of amides is 1. The van der Waals surface area contributed by atoms with E-state index in [1.165, 1.54) is 19.2 Å². The summed E-state index contributed by atoms with van der Waals surface area (Å²) in [5, 5.41) is 8.55. The largest absolute Gasteiger partial charge is 0.496 e. The summed E-state index contributed by atoms with van der Waals surface area (Å²) in [5.74, 6) is -0.145. The molecule has 0 aliphatic rings. The maximum atomic E-state index is 10.8. The van der Waals surface area contributed by atoms with Gasteiger partial charge in [-0.15, -0.1) is 0 Å². The molecule has 0 bridgehead atoms. The van der Waals surface area contributed by atoms with E-state index in [2.05, 4.69) is 4.98 Å². The SMILES string of the molecule is COc1ccc(C(N)=O)c([N+]#N)c1. The number of hydrogen-bond acceptors (Lipinski definition) is 3. The van der Waals surface area contributed by atoms with Crippen LogP contribution in [0.1, 0.15) is 10.4 Å². The topological polar surface area (TPSA) is 80.5 Å². The number of rotatable bonds is 2. The molecule has 1 rings (SSSR count). The van der Waals surface area contributed by atoms with Crippen LogP contribution >= 0.6 is 0 Å². The first-order chi connectivity index (χ1) is 6.19. The number of primary amides is 1. The third-order valence-electron chi connectivity index (χ3n) is 1.58. The van der Waals surface area contributed by atoms with Gasteiger partial charge in [0.2, 0.25) is 5.39 Å². The Morgan fingerprint density at radius 1 is 1.62 bits per heavy atom. The van der Waals surface area contributed by atoms with Crippen LogP contribution in [0.25, 0.3) is 4.98 Å². The van der Waals surface area contributed by atoms with E-state index < -0.39 is 5.91 Å². The Hall–Kier alpha value is -2.09. The van der Waals surface area contributed by atoms with Gasteiger partial charge in [0, 0.05) is 0 Å². The fraction of sp³-hybridized carbons (Fsp3) is 0.125. The normalized spacial score (nSPS) is 8.92. The maximum Gasteiger partial charge on any atom is 0.401 e. The van der Waals surface area contributed by atoms with Crippen molar-refractivity contribution in [2.45, 2.75) is 0 Å². The highest BCUT2D eigenvalue weighted by molar-refractivity contribution is 5.98. The van der Waals surface area contributed by atoms with Crippen LogP contribution in [-0.4, -0.2) is 13.0 Å². The van der Waals surface area contributed by atoms with Gasteiger partial charge in [-0.1, -0.05) is 0 Å². The average Bonchev–Trinajstić information content (AvgIpc) is 2.16. The first-order valence-corrected chi connectivity index (χ1v) is 3.52. The smallest absolute Gasteiger partial charge is 0.401 e. The fourth-order valence-electron chi connectivity index (χ4n) is 0.930. The van der Waals surface area contributed by atoms with E-state index in [0.29, 0.717) is 5.75 Å². The van der Waals surface area contributed by atoms with Crippen LogP contribution in [0.5, 0.6) is 5.75 Å². The zero-order valence-electron chi connectivity index (χ0n) is 7.02. The van der Waals surface area contributed by atoms with Crippen LogP contribution in [0.15, 0.2) is 18.2 Å². The van der Waals surface area contributed by atoms with Crippen molar-refractivity contribution < 1.29 is 9.53 Å². The molecule has 0 spiro atoms. The van der Waals surface area contributed by atoms with Gasteiger partial charge in [-0.25, -0.2) is 0 Å². The molecule has 0 aliphatic carbocycles. The van der Waals surface area contributed by atoms with E-state index in [1.807, 2.05) is 0 Å². The number of hydrogen-bond donors (Lipinski definition) is 1. The Bertz CT molecular complexity index is 381. The van der Waals surface area contributed by atoms with Crippen molar-refractivity contribution in [3.63, 3.8) is 0 Å². The van der Waals surface area contributed by atoms with Crippen molar-refractivity contribution >= 4 is 11.6 Å². The number of benzene rings is 1. The van der Waals surface area contributed by atoms with Gasteiger partial charge in [0.15, 0.2) is 4.98 Å². The number of nitrogens with zero attached hydrogens (tertiary/aromatic N) is 2. The lowest BCUT2D eigenvalue weighted by molar-refractivity contribution is 0.100. The van der Waals surface area contributed by atoms with E-state index in [9.17, 15) is 4.79 Å². The van der Waals surface area contributed by atoms with E-state index in [4.69, 9.17) is 15.9 Å². The highest BCUT2D eigenvalue weighted by atomic mass is 16.5. The molecule has 1 aromatic carbocycles. The van der Waals surface area contributed by atoms with Gasteiger partial charge >= 0.3 is 5.69 Å². The predicted molar refractivity (Wildman–Crippen MR) is 46.3 cm³/mol. The summed E-state index contributed by atoms with van der Waals surface area (Å²) in [7, 11) is 1.47. The lowest BCUT2D eigenvalue weighted by atomic mass is 10.1. The molecular weight excluding hydrogens is 170 g/mol. The first kappa shape index (κ1) is 9.00. The van der Waals surface area contributed by atoms with Crippen LogP contribution in [0.2, 0.25) is 0 Å². The fourth-order valence-corrected chi connectivity index (χ4v) is 0.930. The highest BCUT2D eigenvalue weighted by Crippen LogP contribution is 2.24. The van der Waals surface area contributed by atoms with Gasteiger partial charge in [0.25, 0.3) is 5.91 Å². The molecule has 0 atom stereocenters. The van der Waals surface area contributed by atoms with Crippen molar-refractivity contribution in [2.75, 3.05) is 7.11 Å². The van der Waals surface area contributed by atoms with Crippen LogP contribution in [0.4, 0.5) is 5.69 Å². The Kier molecular flexibility index (Phi) is 2.45. The van der Waals surface area contributed by atoms with Crippen molar-refractivity contribution in [3.05, 3.63) is 28.7 Å². The van der Waals surface area contributed by atoms with Gasteiger partial charge in [-0.2, -0.15) is 0 Å². The van der Waals surface area contributed by atoms with Crippen molar-refractivity contribution in [1.29, 1.82) is 5.39 Å². The van der Waals surface area contributed by atoms with E-state index in [0.717, 1.165) is 0 Å². The molecule has 0 aromatic heterocycles. The molecule has 5 nitrogen and oxygen atoms in total. The monoisotopic (exact) mass is 178 g/mol. The molecule has 0 saturated carbocycles. The third-order valence-corrected chi connectivity index (χ3v) is 1.58. The van der Waals surface area contributed by atoms with Crippen LogP contribution in [0, 0.1) is 5.39 Å². The molecule has 0 aliphatic heterocycles. The molecule has 0 heterocycles. The number of methoxy groups -OCH3 is 1. The lowest BCUT2D eigenvalue weighted by Gasteiger charge is -1.96. The second kappa shape index (κ2) is 3.54. The summed E-state index contributed by atoms with van der Waals surface area (Å²) in [6, 6.07) is 4.42. The third kappa shape index (κ3) is 1.73. The van der Waals surface area contributed by atoms with Gasteiger partial charge in [0.05, 0.1) is 13.2 Å². The summed E-state index contributed by atoms with van der Waals surface area (Å²) >= 11 is 0. The number of carbonyl (C=O) groups excluding carboxylic acids is 1. The number of diazo groups is 1. The Morgan fingerprint density at radius 3 is 2.77 bits per heavy atom. The molecule has 0 fully saturated rings. The number of ether oxygens (including phenoxy) is 1. The minimum atomic E-state index is -0.643. The van der Waals surface area contributed by atoms with Gasteiger partial charge < -0.3 is 10.5 Å².